The molecule has 5 nitrogen and oxygen atoms in total. The topological polar surface area (TPSA) is 43.1 Å². The summed E-state index contributed by atoms with van der Waals surface area (Å²) >= 11 is 6.32. The van der Waals surface area contributed by atoms with E-state index >= 15 is 0 Å². The second-order valence-corrected chi connectivity index (χ2v) is 7.60. The molecule has 1 aliphatic rings. The Bertz CT molecular complexity index is 1210. The predicted octanol–water partition coefficient (Wildman–Crippen LogP) is 4.61. The van der Waals surface area contributed by atoms with E-state index in [-0.39, 0.29) is 11.9 Å². The van der Waals surface area contributed by atoms with Crippen LogP contribution in [0.25, 0.3) is 5.69 Å². The number of nitrogens with zero attached hydrogens (tertiary/aromatic N) is 4. The summed E-state index contributed by atoms with van der Waals surface area (Å²) in [4.78, 5) is 15.6. The van der Waals surface area contributed by atoms with Crippen LogP contribution in [0.2, 0.25) is 5.02 Å². The van der Waals surface area contributed by atoms with Crippen molar-refractivity contribution in [3.63, 3.8) is 0 Å². The lowest BCUT2D eigenvalue weighted by atomic mass is 10.0. The minimum absolute atomic E-state index is 0.0700. The molecular weight excluding hydrogens is 384 g/mol. The lowest BCUT2D eigenvalue weighted by Crippen LogP contribution is -2.35. The van der Waals surface area contributed by atoms with Gasteiger partial charge in [0.25, 0.3) is 5.91 Å². The minimum atomic E-state index is -0.279. The molecule has 2 aromatic carbocycles. The fourth-order valence-electron chi connectivity index (χ4n) is 4.10. The fourth-order valence-corrected chi connectivity index (χ4v) is 4.30. The van der Waals surface area contributed by atoms with Gasteiger partial charge in [-0.15, -0.1) is 0 Å². The molecule has 1 atom stereocenters. The van der Waals surface area contributed by atoms with Crippen molar-refractivity contribution in [1.82, 2.24) is 19.2 Å². The number of aromatic nitrogens is 3. The van der Waals surface area contributed by atoms with Gasteiger partial charge in [0.2, 0.25) is 0 Å². The molecule has 1 amide bonds. The van der Waals surface area contributed by atoms with Crippen molar-refractivity contribution in [3.8, 4) is 5.69 Å². The molecule has 0 aliphatic carbocycles. The standard InChI is InChI=1S/C23H19ClN4O/c1-26-21(11-12-25-26)23(29)28-15-17-6-2-3-9-19(17)27-13-5-10-20(27)22(28)16-7-4-8-18(24)14-16/h2-14,22H,15H2,1H3. The van der Waals surface area contributed by atoms with Gasteiger partial charge in [-0.2, -0.15) is 5.10 Å². The zero-order valence-electron chi connectivity index (χ0n) is 15.9. The van der Waals surface area contributed by atoms with Gasteiger partial charge in [-0.1, -0.05) is 41.9 Å². The summed E-state index contributed by atoms with van der Waals surface area (Å²) in [5.74, 6) is -0.0700. The maximum absolute atomic E-state index is 13.7. The Balaban J connectivity index is 1.75. The number of para-hydroxylation sites is 1. The van der Waals surface area contributed by atoms with Gasteiger partial charge in [-0.3, -0.25) is 9.48 Å². The maximum Gasteiger partial charge on any atom is 0.273 e. The minimum Gasteiger partial charge on any atom is -0.320 e. The van der Waals surface area contributed by atoms with Crippen LogP contribution in [0.3, 0.4) is 0 Å². The first-order valence-electron chi connectivity index (χ1n) is 9.43. The average Bonchev–Trinajstić information content (AvgIpc) is 3.34. The van der Waals surface area contributed by atoms with Gasteiger partial charge in [0.05, 0.1) is 11.7 Å². The third-order valence-electron chi connectivity index (χ3n) is 5.43. The first-order valence-corrected chi connectivity index (χ1v) is 9.81. The number of fused-ring (bicyclic) bond motifs is 3. The third kappa shape index (κ3) is 2.95. The third-order valence-corrected chi connectivity index (χ3v) is 5.66. The highest BCUT2D eigenvalue weighted by Gasteiger charge is 2.34. The maximum atomic E-state index is 13.7. The Morgan fingerprint density at radius 3 is 2.72 bits per heavy atom. The lowest BCUT2D eigenvalue weighted by Gasteiger charge is -2.31. The summed E-state index contributed by atoms with van der Waals surface area (Å²) in [7, 11) is 1.79. The summed E-state index contributed by atoms with van der Waals surface area (Å²) in [5.41, 5.74) is 4.72. The summed E-state index contributed by atoms with van der Waals surface area (Å²) in [6, 6.07) is 21.5. The molecule has 1 aliphatic heterocycles. The Kier molecular flexibility index (Phi) is 4.25. The zero-order chi connectivity index (χ0) is 20.0. The normalized spacial score (nSPS) is 15.5. The monoisotopic (exact) mass is 402 g/mol. The van der Waals surface area contributed by atoms with Crippen LogP contribution in [0.15, 0.2) is 79.1 Å². The molecule has 29 heavy (non-hydrogen) atoms. The highest BCUT2D eigenvalue weighted by molar-refractivity contribution is 6.30. The van der Waals surface area contributed by atoms with E-state index in [9.17, 15) is 4.79 Å². The number of halogens is 1. The zero-order valence-corrected chi connectivity index (χ0v) is 16.6. The summed E-state index contributed by atoms with van der Waals surface area (Å²) < 4.78 is 3.78. The van der Waals surface area contributed by atoms with Gasteiger partial charge in [0.1, 0.15) is 5.69 Å². The van der Waals surface area contributed by atoms with Crippen LogP contribution in [-0.2, 0) is 13.6 Å². The molecule has 0 spiro atoms. The number of carbonyl (C=O) groups excluding carboxylic acids is 1. The number of hydrogen-bond acceptors (Lipinski definition) is 2. The van der Waals surface area contributed by atoms with Crippen LogP contribution in [0.5, 0.6) is 0 Å². The molecule has 144 valence electrons. The summed E-state index contributed by atoms with van der Waals surface area (Å²) in [6.07, 6.45) is 3.69. The molecule has 0 saturated heterocycles. The largest absolute Gasteiger partial charge is 0.320 e. The lowest BCUT2D eigenvalue weighted by molar-refractivity contribution is 0.0679. The van der Waals surface area contributed by atoms with Crippen LogP contribution in [0, 0.1) is 0 Å². The molecular formula is C23H19ClN4O. The first kappa shape index (κ1) is 17.8. The van der Waals surface area contributed by atoms with E-state index in [1.54, 1.807) is 24.0 Å². The van der Waals surface area contributed by atoms with E-state index in [4.69, 9.17) is 11.6 Å². The van der Waals surface area contributed by atoms with Gasteiger partial charge >= 0.3 is 0 Å². The van der Waals surface area contributed by atoms with Crippen LogP contribution in [-0.4, -0.2) is 25.2 Å². The molecule has 3 heterocycles. The van der Waals surface area contributed by atoms with Crippen LogP contribution in [0.4, 0.5) is 0 Å². The van der Waals surface area contributed by atoms with Crippen molar-refractivity contribution < 1.29 is 4.79 Å². The second kappa shape index (κ2) is 6.94. The molecule has 0 bridgehead atoms. The molecule has 0 radical (unpaired) electrons. The van der Waals surface area contributed by atoms with Crippen molar-refractivity contribution in [1.29, 1.82) is 0 Å². The van der Waals surface area contributed by atoms with Crippen LogP contribution >= 0.6 is 11.6 Å². The summed E-state index contributed by atoms with van der Waals surface area (Å²) in [6.45, 7) is 0.485. The molecule has 0 N–H and O–H groups in total. The first-order chi connectivity index (χ1) is 14.1. The SMILES string of the molecule is Cn1nccc1C(=O)N1Cc2ccccc2-n2cccc2C1c1cccc(Cl)c1. The molecule has 6 heteroatoms. The average molecular weight is 403 g/mol. The van der Waals surface area contributed by atoms with Gasteiger partial charge in [0.15, 0.2) is 0 Å². The van der Waals surface area contributed by atoms with Crippen molar-refractivity contribution in [2.24, 2.45) is 7.05 Å². The Morgan fingerprint density at radius 1 is 1.07 bits per heavy atom. The van der Waals surface area contributed by atoms with Crippen LogP contribution in [0.1, 0.15) is 33.4 Å². The fraction of sp³-hybridized carbons (Fsp3) is 0.130. The van der Waals surface area contributed by atoms with E-state index in [0.717, 1.165) is 22.5 Å². The molecule has 1 unspecified atom stereocenters. The number of carbonyl (C=O) groups is 1. The second-order valence-electron chi connectivity index (χ2n) is 7.16. The van der Waals surface area contributed by atoms with Gasteiger partial charge in [0, 0.05) is 36.7 Å². The van der Waals surface area contributed by atoms with E-state index in [1.165, 1.54) is 0 Å². The molecule has 5 rings (SSSR count). The number of aryl methyl sites for hydroxylation is 1. The van der Waals surface area contributed by atoms with Gasteiger partial charge < -0.3 is 9.47 Å². The Labute approximate surface area is 173 Å². The number of rotatable bonds is 2. The Hall–Kier alpha value is -3.31. The molecule has 0 saturated carbocycles. The predicted molar refractivity (Wildman–Crippen MR) is 112 cm³/mol. The van der Waals surface area contributed by atoms with E-state index in [2.05, 4.69) is 27.9 Å². The van der Waals surface area contributed by atoms with Gasteiger partial charge in [-0.05, 0) is 47.5 Å². The van der Waals surface area contributed by atoms with E-state index < -0.39 is 0 Å². The molecule has 0 fully saturated rings. The Morgan fingerprint density at radius 2 is 1.93 bits per heavy atom. The number of amides is 1. The highest BCUT2D eigenvalue weighted by atomic mass is 35.5. The van der Waals surface area contributed by atoms with Crippen molar-refractivity contribution >= 4 is 17.5 Å². The number of hydrogen-bond donors (Lipinski definition) is 0. The van der Waals surface area contributed by atoms with Crippen molar-refractivity contribution in [2.45, 2.75) is 12.6 Å². The van der Waals surface area contributed by atoms with Crippen molar-refractivity contribution in [2.75, 3.05) is 0 Å². The van der Waals surface area contributed by atoms with Crippen LogP contribution < -0.4 is 0 Å². The number of benzene rings is 2. The van der Waals surface area contributed by atoms with Gasteiger partial charge in [-0.25, -0.2) is 0 Å². The van der Waals surface area contributed by atoms with Crippen molar-refractivity contribution in [3.05, 3.63) is 107 Å². The quantitative estimate of drug-likeness (QED) is 0.491. The smallest absolute Gasteiger partial charge is 0.273 e. The van der Waals surface area contributed by atoms with E-state index in [1.807, 2.05) is 53.6 Å². The molecule has 4 aromatic rings. The van der Waals surface area contributed by atoms with E-state index in [0.29, 0.717) is 17.3 Å². The highest BCUT2D eigenvalue weighted by Crippen LogP contribution is 2.37. The molecule has 2 aromatic heterocycles. The summed E-state index contributed by atoms with van der Waals surface area (Å²) in [5, 5.41) is 4.84.